The van der Waals surface area contributed by atoms with E-state index in [-0.39, 0.29) is 5.56 Å². The molecule has 2 aromatic heterocycles. The molecule has 6 heteroatoms. The largest absolute Gasteiger partial charge is 0.310 e. The van der Waals surface area contributed by atoms with Gasteiger partial charge in [0.15, 0.2) is 0 Å². The number of nitrogens with one attached hydrogen (secondary N) is 1. The van der Waals surface area contributed by atoms with E-state index in [2.05, 4.69) is 25.2 Å². The van der Waals surface area contributed by atoms with Crippen LogP contribution < -0.4 is 5.56 Å². The molecule has 114 valence electrons. The highest BCUT2D eigenvalue weighted by Crippen LogP contribution is 2.10. The van der Waals surface area contributed by atoms with Crippen molar-refractivity contribution in [2.24, 2.45) is 0 Å². The number of aromatic amines is 1. The summed E-state index contributed by atoms with van der Waals surface area (Å²) < 4.78 is 0. The summed E-state index contributed by atoms with van der Waals surface area (Å²) in [6.45, 7) is 3.64. The monoisotopic (exact) mass is 314 g/mol. The number of para-hydroxylation sites is 1. The van der Waals surface area contributed by atoms with E-state index in [1.807, 2.05) is 32.2 Å². The van der Waals surface area contributed by atoms with E-state index in [4.69, 9.17) is 0 Å². The van der Waals surface area contributed by atoms with Crippen molar-refractivity contribution < 1.29 is 0 Å². The van der Waals surface area contributed by atoms with Gasteiger partial charge in [0.05, 0.1) is 21.6 Å². The van der Waals surface area contributed by atoms with Gasteiger partial charge in [-0.1, -0.05) is 12.1 Å². The fraction of sp³-hybridized carbons (Fsp3) is 0.312. The highest BCUT2D eigenvalue weighted by molar-refractivity contribution is 7.09. The average Bonchev–Trinajstić information content (AvgIpc) is 2.90. The van der Waals surface area contributed by atoms with E-state index in [0.717, 1.165) is 35.1 Å². The number of hydrogen-bond donors (Lipinski definition) is 1. The summed E-state index contributed by atoms with van der Waals surface area (Å²) in [5.74, 6) is 0.727. The van der Waals surface area contributed by atoms with Crippen molar-refractivity contribution in [1.82, 2.24) is 19.9 Å². The predicted octanol–water partition coefficient (Wildman–Crippen LogP) is 2.36. The van der Waals surface area contributed by atoms with E-state index in [0.29, 0.717) is 11.8 Å². The third-order valence-corrected chi connectivity index (χ3v) is 4.31. The number of thiazole rings is 1. The Morgan fingerprint density at radius 3 is 2.86 bits per heavy atom. The molecule has 0 aliphatic rings. The molecule has 0 amide bonds. The number of benzene rings is 1. The molecule has 0 unspecified atom stereocenters. The fourth-order valence-corrected chi connectivity index (χ4v) is 2.99. The van der Waals surface area contributed by atoms with Gasteiger partial charge in [0.1, 0.15) is 5.82 Å². The predicted molar refractivity (Wildman–Crippen MR) is 89.3 cm³/mol. The number of rotatable bonds is 5. The standard InChI is InChI=1S/C16H18N4OS/c1-11-17-12(10-22-11)9-20(2)8-7-15-18-14-6-4-3-5-13(14)16(21)19-15/h3-6,10H,7-9H2,1-2H3,(H,18,19,21). The summed E-state index contributed by atoms with van der Waals surface area (Å²) in [5.41, 5.74) is 1.77. The second-order valence-corrected chi connectivity index (χ2v) is 6.44. The maximum atomic E-state index is 12.0. The molecule has 3 aromatic rings. The zero-order valence-electron chi connectivity index (χ0n) is 12.7. The van der Waals surface area contributed by atoms with Gasteiger partial charge in [-0.3, -0.25) is 4.79 Å². The van der Waals surface area contributed by atoms with Crippen LogP contribution in [0.1, 0.15) is 16.5 Å². The van der Waals surface area contributed by atoms with Gasteiger partial charge in [-0.2, -0.15) is 0 Å². The van der Waals surface area contributed by atoms with Crippen LogP contribution in [0.4, 0.5) is 0 Å². The summed E-state index contributed by atoms with van der Waals surface area (Å²) in [6, 6.07) is 7.41. The zero-order chi connectivity index (χ0) is 15.5. The third kappa shape index (κ3) is 3.40. The number of H-pyrrole nitrogens is 1. The first-order chi connectivity index (χ1) is 10.6. The Morgan fingerprint density at radius 1 is 1.27 bits per heavy atom. The lowest BCUT2D eigenvalue weighted by molar-refractivity contribution is 0.325. The number of aryl methyl sites for hydroxylation is 1. The molecule has 0 spiro atoms. The second kappa shape index (κ2) is 6.37. The molecule has 2 heterocycles. The Kier molecular flexibility index (Phi) is 4.31. The Balaban J connectivity index is 1.67. The van der Waals surface area contributed by atoms with Crippen LogP contribution in [0.3, 0.4) is 0 Å². The molecule has 0 atom stereocenters. The van der Waals surface area contributed by atoms with Crippen LogP contribution >= 0.6 is 11.3 Å². The van der Waals surface area contributed by atoms with Crippen LogP contribution in [0.2, 0.25) is 0 Å². The van der Waals surface area contributed by atoms with Crippen LogP contribution in [0.25, 0.3) is 10.9 Å². The van der Waals surface area contributed by atoms with E-state index in [1.54, 1.807) is 17.4 Å². The summed E-state index contributed by atoms with van der Waals surface area (Å²) in [6.07, 6.45) is 0.708. The van der Waals surface area contributed by atoms with Crippen molar-refractivity contribution >= 4 is 22.2 Å². The summed E-state index contributed by atoms with van der Waals surface area (Å²) in [5, 5.41) is 3.81. The summed E-state index contributed by atoms with van der Waals surface area (Å²) in [7, 11) is 2.05. The maximum Gasteiger partial charge on any atom is 0.258 e. The summed E-state index contributed by atoms with van der Waals surface area (Å²) >= 11 is 1.67. The Bertz CT molecular complexity index is 839. The van der Waals surface area contributed by atoms with Crippen molar-refractivity contribution in [3.8, 4) is 0 Å². The molecule has 1 aromatic carbocycles. The molecule has 1 N–H and O–H groups in total. The molecule has 22 heavy (non-hydrogen) atoms. The minimum absolute atomic E-state index is 0.0709. The van der Waals surface area contributed by atoms with E-state index in [9.17, 15) is 4.79 Å². The number of nitrogens with zero attached hydrogens (tertiary/aromatic N) is 3. The highest BCUT2D eigenvalue weighted by Gasteiger charge is 2.07. The minimum atomic E-state index is -0.0709. The number of aromatic nitrogens is 3. The van der Waals surface area contributed by atoms with Crippen LogP contribution in [0.5, 0.6) is 0 Å². The first-order valence-corrected chi connectivity index (χ1v) is 8.07. The van der Waals surface area contributed by atoms with Crippen LogP contribution in [-0.4, -0.2) is 33.4 Å². The van der Waals surface area contributed by atoms with Crippen LogP contribution in [0.15, 0.2) is 34.4 Å². The fourth-order valence-electron chi connectivity index (χ4n) is 2.39. The second-order valence-electron chi connectivity index (χ2n) is 5.38. The van der Waals surface area contributed by atoms with E-state index < -0.39 is 0 Å². The van der Waals surface area contributed by atoms with Gasteiger partial charge in [-0.25, -0.2) is 9.97 Å². The van der Waals surface area contributed by atoms with Crippen molar-refractivity contribution in [2.75, 3.05) is 13.6 Å². The first-order valence-electron chi connectivity index (χ1n) is 7.19. The number of likely N-dealkylation sites (N-methyl/N-ethyl adjacent to an activating group) is 1. The smallest absolute Gasteiger partial charge is 0.258 e. The molecule has 0 aliphatic carbocycles. The Labute approximate surface area is 132 Å². The highest BCUT2D eigenvalue weighted by atomic mass is 32.1. The van der Waals surface area contributed by atoms with E-state index in [1.165, 1.54) is 0 Å². The van der Waals surface area contributed by atoms with Crippen molar-refractivity contribution in [3.63, 3.8) is 0 Å². The summed E-state index contributed by atoms with van der Waals surface area (Å²) in [4.78, 5) is 26.1. The van der Waals surface area contributed by atoms with Gasteiger partial charge >= 0.3 is 0 Å². The van der Waals surface area contributed by atoms with Gasteiger partial charge in [0.25, 0.3) is 5.56 Å². The topological polar surface area (TPSA) is 61.9 Å². The lowest BCUT2D eigenvalue weighted by Crippen LogP contribution is -2.23. The lowest BCUT2D eigenvalue weighted by atomic mass is 10.2. The molecular weight excluding hydrogens is 296 g/mol. The number of fused-ring (bicyclic) bond motifs is 1. The molecule has 0 fully saturated rings. The van der Waals surface area contributed by atoms with Gasteiger partial charge in [-0.15, -0.1) is 11.3 Å². The van der Waals surface area contributed by atoms with Crippen molar-refractivity contribution in [3.05, 3.63) is 56.5 Å². The molecule has 0 radical (unpaired) electrons. The number of hydrogen-bond acceptors (Lipinski definition) is 5. The Hall–Kier alpha value is -2.05. The minimum Gasteiger partial charge on any atom is -0.310 e. The lowest BCUT2D eigenvalue weighted by Gasteiger charge is -2.14. The molecule has 0 saturated heterocycles. The quantitative estimate of drug-likeness (QED) is 0.785. The molecular formula is C16H18N4OS. The van der Waals surface area contributed by atoms with Crippen LogP contribution in [-0.2, 0) is 13.0 Å². The SMILES string of the molecule is Cc1nc(CN(C)CCc2nc3ccccc3c(=O)[nH]2)cs1. The maximum absolute atomic E-state index is 12.0. The van der Waals surface area contributed by atoms with Gasteiger partial charge in [0.2, 0.25) is 0 Å². The average molecular weight is 314 g/mol. The van der Waals surface area contributed by atoms with Crippen molar-refractivity contribution in [1.29, 1.82) is 0 Å². The molecule has 0 bridgehead atoms. The van der Waals surface area contributed by atoms with Gasteiger partial charge in [0, 0.05) is 24.9 Å². The Morgan fingerprint density at radius 2 is 2.09 bits per heavy atom. The molecule has 0 saturated carbocycles. The molecule has 3 rings (SSSR count). The molecule has 5 nitrogen and oxygen atoms in total. The van der Waals surface area contributed by atoms with Gasteiger partial charge in [-0.05, 0) is 26.1 Å². The zero-order valence-corrected chi connectivity index (χ0v) is 13.5. The van der Waals surface area contributed by atoms with Crippen LogP contribution in [0, 0.1) is 6.92 Å². The molecule has 0 aliphatic heterocycles. The normalized spacial score (nSPS) is 11.4. The first kappa shape index (κ1) is 14.9. The van der Waals surface area contributed by atoms with Gasteiger partial charge < -0.3 is 9.88 Å². The van der Waals surface area contributed by atoms with E-state index >= 15 is 0 Å². The third-order valence-electron chi connectivity index (χ3n) is 3.49. The van der Waals surface area contributed by atoms with Crippen molar-refractivity contribution in [2.45, 2.75) is 19.9 Å².